The molecule has 0 aromatic rings. The van der Waals surface area contributed by atoms with Crippen molar-refractivity contribution >= 4 is 11.7 Å². The first-order valence-corrected chi connectivity index (χ1v) is 3.11. The molecule has 0 aromatic carbocycles. The third kappa shape index (κ3) is 1.09. The molecule has 3 nitrogen and oxygen atoms in total. The van der Waals surface area contributed by atoms with Gasteiger partial charge in [0.2, 0.25) is 5.91 Å². The largest absolute Gasteiger partial charge is 0.313 e. The summed E-state index contributed by atoms with van der Waals surface area (Å²) >= 11 is 0. The Bertz CT molecular complexity index is 162. The third-order valence-corrected chi connectivity index (χ3v) is 1.33. The molecular formula is C6H10N2O. The van der Waals surface area contributed by atoms with E-state index < -0.39 is 0 Å². The van der Waals surface area contributed by atoms with Crippen LogP contribution < -0.4 is 5.32 Å². The highest BCUT2D eigenvalue weighted by atomic mass is 16.2. The van der Waals surface area contributed by atoms with Crippen molar-refractivity contribution in [2.45, 2.75) is 26.3 Å². The summed E-state index contributed by atoms with van der Waals surface area (Å²) in [5, 5.41) is 2.66. The molecule has 1 amide bonds. The molecule has 0 aliphatic carbocycles. The van der Waals surface area contributed by atoms with Gasteiger partial charge < -0.3 is 5.32 Å². The molecule has 0 spiro atoms. The van der Waals surface area contributed by atoms with Crippen LogP contribution in [0.2, 0.25) is 0 Å². The van der Waals surface area contributed by atoms with E-state index in [0.29, 0.717) is 0 Å². The number of rotatable bonds is 1. The van der Waals surface area contributed by atoms with Crippen molar-refractivity contribution in [3.05, 3.63) is 0 Å². The molecule has 0 saturated carbocycles. The van der Waals surface area contributed by atoms with E-state index >= 15 is 0 Å². The van der Waals surface area contributed by atoms with Crippen molar-refractivity contribution in [1.82, 2.24) is 5.32 Å². The number of carbonyl (C=O) groups is 1. The molecule has 0 aromatic heterocycles. The van der Waals surface area contributed by atoms with E-state index in [1.54, 1.807) is 6.92 Å². The zero-order valence-electron chi connectivity index (χ0n) is 5.64. The maximum atomic E-state index is 10.7. The Hall–Kier alpha value is -0.860. The lowest BCUT2D eigenvalue weighted by molar-refractivity contribution is -0.119. The quantitative estimate of drug-likeness (QED) is 0.540. The summed E-state index contributed by atoms with van der Waals surface area (Å²) in [7, 11) is 0. The summed E-state index contributed by atoms with van der Waals surface area (Å²) in [6.07, 6.45) is 0.816. The number of amides is 1. The number of hydrogen-bond donors (Lipinski definition) is 1. The summed E-state index contributed by atoms with van der Waals surface area (Å²) in [5.41, 5.74) is 0. The van der Waals surface area contributed by atoms with Gasteiger partial charge in [-0.2, -0.15) is 0 Å². The molecule has 50 valence electrons. The Labute approximate surface area is 54.2 Å². The minimum atomic E-state index is -0.167. The predicted octanol–water partition coefficient (Wildman–Crippen LogP) is 0.313. The summed E-state index contributed by atoms with van der Waals surface area (Å²) in [4.78, 5) is 14.8. The Kier molecular flexibility index (Phi) is 1.51. The second kappa shape index (κ2) is 2.17. The van der Waals surface area contributed by atoms with Crippen molar-refractivity contribution in [3.8, 4) is 0 Å². The highest BCUT2D eigenvalue weighted by Crippen LogP contribution is 1.99. The van der Waals surface area contributed by atoms with Gasteiger partial charge >= 0.3 is 0 Å². The van der Waals surface area contributed by atoms with E-state index in [1.807, 2.05) is 6.92 Å². The van der Waals surface area contributed by atoms with Crippen molar-refractivity contribution in [2.24, 2.45) is 4.99 Å². The topological polar surface area (TPSA) is 41.5 Å². The van der Waals surface area contributed by atoms with Gasteiger partial charge in [-0.1, -0.05) is 6.92 Å². The minimum absolute atomic E-state index is 0.0202. The highest BCUT2D eigenvalue weighted by Gasteiger charge is 2.19. The minimum Gasteiger partial charge on any atom is -0.313 e. The van der Waals surface area contributed by atoms with Crippen LogP contribution in [0.1, 0.15) is 20.3 Å². The normalized spacial score (nSPS) is 25.8. The fraction of sp³-hybridized carbons (Fsp3) is 0.667. The lowest BCUT2D eigenvalue weighted by Crippen LogP contribution is -2.26. The molecule has 0 fully saturated rings. The van der Waals surface area contributed by atoms with Crippen LogP contribution in [0.5, 0.6) is 0 Å². The Morgan fingerprint density at radius 1 is 1.78 bits per heavy atom. The SMILES string of the molecule is CCC1=N[C@H](C)C(=O)N1. The van der Waals surface area contributed by atoms with Gasteiger partial charge in [-0.15, -0.1) is 0 Å². The van der Waals surface area contributed by atoms with Crippen LogP contribution in [-0.4, -0.2) is 17.8 Å². The van der Waals surface area contributed by atoms with Crippen molar-refractivity contribution < 1.29 is 4.79 Å². The van der Waals surface area contributed by atoms with Crippen molar-refractivity contribution in [1.29, 1.82) is 0 Å². The van der Waals surface area contributed by atoms with Gasteiger partial charge in [-0.05, 0) is 6.92 Å². The summed E-state index contributed by atoms with van der Waals surface area (Å²) < 4.78 is 0. The third-order valence-electron chi connectivity index (χ3n) is 1.33. The maximum Gasteiger partial charge on any atom is 0.249 e. The van der Waals surface area contributed by atoms with Gasteiger partial charge in [0.25, 0.3) is 0 Å². The van der Waals surface area contributed by atoms with Gasteiger partial charge in [0, 0.05) is 6.42 Å². The monoisotopic (exact) mass is 126 g/mol. The summed E-state index contributed by atoms with van der Waals surface area (Å²) in [5.74, 6) is 0.833. The lowest BCUT2D eigenvalue weighted by atomic mass is 10.4. The Morgan fingerprint density at radius 3 is 2.67 bits per heavy atom. The van der Waals surface area contributed by atoms with Crippen LogP contribution >= 0.6 is 0 Å². The van der Waals surface area contributed by atoms with Crippen molar-refractivity contribution in [2.75, 3.05) is 0 Å². The molecule has 0 saturated heterocycles. The molecule has 1 heterocycles. The average molecular weight is 126 g/mol. The first kappa shape index (κ1) is 6.26. The fourth-order valence-corrected chi connectivity index (χ4v) is 0.751. The van der Waals surface area contributed by atoms with E-state index in [2.05, 4.69) is 10.3 Å². The number of nitrogens with zero attached hydrogens (tertiary/aromatic N) is 1. The maximum absolute atomic E-state index is 10.7. The molecule has 1 aliphatic heterocycles. The van der Waals surface area contributed by atoms with Gasteiger partial charge in [0.1, 0.15) is 11.9 Å². The first-order valence-electron chi connectivity index (χ1n) is 3.11. The molecule has 3 heteroatoms. The zero-order chi connectivity index (χ0) is 6.85. The summed E-state index contributed by atoms with van der Waals surface area (Å²) in [6, 6.07) is -0.167. The molecule has 1 aliphatic rings. The smallest absolute Gasteiger partial charge is 0.249 e. The van der Waals surface area contributed by atoms with Crippen LogP contribution in [0, 0.1) is 0 Å². The van der Waals surface area contributed by atoms with Crippen LogP contribution in [0.15, 0.2) is 4.99 Å². The zero-order valence-corrected chi connectivity index (χ0v) is 5.64. The number of amidine groups is 1. The predicted molar refractivity (Wildman–Crippen MR) is 35.3 cm³/mol. The Balaban J connectivity index is 2.62. The van der Waals surface area contributed by atoms with E-state index in [-0.39, 0.29) is 11.9 Å². The van der Waals surface area contributed by atoms with Crippen LogP contribution in [0.4, 0.5) is 0 Å². The fourth-order valence-electron chi connectivity index (χ4n) is 0.751. The first-order chi connectivity index (χ1) is 4.24. The standard InChI is InChI=1S/C6H10N2O/c1-3-5-7-4(2)6(9)8-5/h4H,3H2,1-2H3,(H,7,8,9)/t4-/m1/s1. The molecule has 0 radical (unpaired) electrons. The van der Waals surface area contributed by atoms with Gasteiger partial charge in [-0.3, -0.25) is 9.79 Å². The lowest BCUT2D eigenvalue weighted by Gasteiger charge is -1.92. The van der Waals surface area contributed by atoms with E-state index in [9.17, 15) is 4.79 Å². The van der Waals surface area contributed by atoms with E-state index in [0.717, 1.165) is 12.3 Å². The molecule has 9 heavy (non-hydrogen) atoms. The van der Waals surface area contributed by atoms with Gasteiger partial charge in [0.05, 0.1) is 0 Å². The number of carbonyl (C=O) groups excluding carboxylic acids is 1. The van der Waals surface area contributed by atoms with E-state index in [1.165, 1.54) is 0 Å². The molecule has 1 rings (SSSR count). The van der Waals surface area contributed by atoms with Crippen LogP contribution in [0.3, 0.4) is 0 Å². The molecular weight excluding hydrogens is 116 g/mol. The molecule has 1 N–H and O–H groups in total. The number of hydrogen-bond acceptors (Lipinski definition) is 2. The summed E-state index contributed by atoms with van der Waals surface area (Å²) in [6.45, 7) is 3.76. The van der Waals surface area contributed by atoms with Crippen LogP contribution in [0.25, 0.3) is 0 Å². The number of aliphatic imine (C=N–C) groups is 1. The van der Waals surface area contributed by atoms with Crippen LogP contribution in [-0.2, 0) is 4.79 Å². The molecule has 0 bridgehead atoms. The molecule has 0 unspecified atom stereocenters. The number of nitrogens with one attached hydrogen (secondary N) is 1. The highest BCUT2D eigenvalue weighted by molar-refractivity contribution is 6.05. The second-order valence-corrected chi connectivity index (χ2v) is 2.09. The van der Waals surface area contributed by atoms with Gasteiger partial charge in [-0.25, -0.2) is 0 Å². The van der Waals surface area contributed by atoms with E-state index in [4.69, 9.17) is 0 Å². The average Bonchev–Trinajstić information content (AvgIpc) is 2.13. The van der Waals surface area contributed by atoms with Gasteiger partial charge in [0.15, 0.2) is 0 Å². The van der Waals surface area contributed by atoms with Crippen molar-refractivity contribution in [3.63, 3.8) is 0 Å². The Morgan fingerprint density at radius 2 is 2.44 bits per heavy atom. The second-order valence-electron chi connectivity index (χ2n) is 2.09. The molecule has 1 atom stereocenters.